The Morgan fingerprint density at radius 3 is 2.51 bits per heavy atom. The summed E-state index contributed by atoms with van der Waals surface area (Å²) in [6.07, 6.45) is 2.02. The van der Waals surface area contributed by atoms with Crippen LogP contribution < -0.4 is 18.9 Å². The summed E-state index contributed by atoms with van der Waals surface area (Å²) in [6, 6.07) is 15.9. The number of carbonyl (C=O) groups excluding carboxylic acids is 1. The van der Waals surface area contributed by atoms with Crippen LogP contribution >= 0.6 is 11.6 Å². The molecule has 2 heterocycles. The van der Waals surface area contributed by atoms with Crippen LogP contribution in [0, 0.1) is 5.92 Å². The first-order valence-electron chi connectivity index (χ1n) is 16.6. The summed E-state index contributed by atoms with van der Waals surface area (Å²) < 4.78 is 52.8. The molecule has 0 bridgehead atoms. The lowest BCUT2D eigenvalue weighted by atomic mass is 10.0. The first-order chi connectivity index (χ1) is 23.4. The highest BCUT2D eigenvalue weighted by atomic mass is 35.5. The highest BCUT2D eigenvalue weighted by Crippen LogP contribution is 2.33. The SMILES string of the molecule is C[C@H](CO)N1C[C@H](C)[C@@H](CN(C)Cc2ccc3c(c2)OCO3)OCCCC[C@H](C)Oc2ccc(NS(=O)(=O)c3ccc(Cl)cc3)cc2C1=O. The van der Waals surface area contributed by atoms with Crippen LogP contribution in [-0.4, -0.2) is 87.6 Å². The van der Waals surface area contributed by atoms with Gasteiger partial charge in [0.2, 0.25) is 6.79 Å². The zero-order valence-corrected chi connectivity index (χ0v) is 30.0. The average Bonchev–Trinajstić information content (AvgIpc) is 3.54. The monoisotopic (exact) mass is 715 g/mol. The number of hydrogen-bond donors (Lipinski definition) is 2. The van der Waals surface area contributed by atoms with Crippen molar-refractivity contribution < 1.29 is 37.3 Å². The zero-order chi connectivity index (χ0) is 35.1. The molecule has 0 fully saturated rings. The van der Waals surface area contributed by atoms with Gasteiger partial charge in [0.25, 0.3) is 15.9 Å². The number of likely N-dealkylation sites (N-methyl/N-ethyl adjacent to an activating group) is 1. The van der Waals surface area contributed by atoms with E-state index < -0.39 is 16.1 Å². The molecule has 1 amide bonds. The van der Waals surface area contributed by atoms with Gasteiger partial charge >= 0.3 is 0 Å². The molecule has 3 aromatic rings. The summed E-state index contributed by atoms with van der Waals surface area (Å²) in [5.41, 5.74) is 1.49. The van der Waals surface area contributed by atoms with E-state index in [4.69, 9.17) is 30.5 Å². The van der Waals surface area contributed by atoms with Gasteiger partial charge in [0.15, 0.2) is 11.5 Å². The van der Waals surface area contributed by atoms with Crippen molar-refractivity contribution in [3.05, 3.63) is 76.8 Å². The number of sulfonamides is 1. The second kappa shape index (κ2) is 16.4. The van der Waals surface area contributed by atoms with Gasteiger partial charge < -0.3 is 29.0 Å². The van der Waals surface area contributed by atoms with E-state index in [2.05, 4.69) is 9.62 Å². The standard InChI is InChI=1S/C36H46ClN3O8S/c1-24-19-40(25(2)22-41)36(42)31-18-29(38-49(43,44)30-12-9-28(37)10-13-30)11-15-32(31)48-26(3)7-5-6-16-45-35(24)21-39(4)20-27-8-14-33-34(17-27)47-23-46-33/h8-15,17-18,24-26,35,38,41H,5-7,16,19-23H2,1-4H3/t24-,25+,26-,35+/m0/s1. The molecule has 13 heteroatoms. The first kappa shape index (κ1) is 36.7. The summed E-state index contributed by atoms with van der Waals surface area (Å²) in [5.74, 6) is 1.33. The molecule has 5 rings (SSSR count). The number of nitrogens with zero attached hydrogens (tertiary/aromatic N) is 2. The molecule has 0 spiro atoms. The van der Waals surface area contributed by atoms with E-state index in [0.717, 1.165) is 36.3 Å². The Hall–Kier alpha value is -3.55. The largest absolute Gasteiger partial charge is 0.490 e. The fourth-order valence-electron chi connectivity index (χ4n) is 6.00. The number of rotatable bonds is 9. The number of amides is 1. The van der Waals surface area contributed by atoms with E-state index in [1.54, 1.807) is 24.0 Å². The van der Waals surface area contributed by atoms with Crippen molar-refractivity contribution in [3.8, 4) is 17.2 Å². The van der Waals surface area contributed by atoms with Gasteiger partial charge in [-0.1, -0.05) is 24.6 Å². The topological polar surface area (TPSA) is 127 Å². The number of carbonyl (C=O) groups is 1. The van der Waals surface area contributed by atoms with Gasteiger partial charge in [-0.15, -0.1) is 0 Å². The van der Waals surface area contributed by atoms with E-state index in [9.17, 15) is 18.3 Å². The zero-order valence-electron chi connectivity index (χ0n) is 28.4. The van der Waals surface area contributed by atoms with Crippen LogP contribution in [0.1, 0.15) is 56.0 Å². The minimum Gasteiger partial charge on any atom is -0.490 e. The Kier molecular flexibility index (Phi) is 12.3. The quantitative estimate of drug-likeness (QED) is 0.283. The second-order valence-corrected chi connectivity index (χ2v) is 15.1. The van der Waals surface area contributed by atoms with Gasteiger partial charge in [0.1, 0.15) is 5.75 Å². The van der Waals surface area contributed by atoms with Gasteiger partial charge in [-0.05, 0) is 100 Å². The molecule has 266 valence electrons. The molecule has 0 saturated heterocycles. The number of fused-ring (bicyclic) bond motifs is 2. The third kappa shape index (κ3) is 9.58. The fourth-order valence-corrected chi connectivity index (χ4v) is 7.17. The second-order valence-electron chi connectivity index (χ2n) is 13.0. The van der Waals surface area contributed by atoms with E-state index >= 15 is 0 Å². The molecule has 2 aliphatic heterocycles. The maximum atomic E-state index is 14.4. The summed E-state index contributed by atoms with van der Waals surface area (Å²) in [6.45, 7) is 7.87. The van der Waals surface area contributed by atoms with Gasteiger partial charge in [0, 0.05) is 42.9 Å². The molecule has 11 nitrogen and oxygen atoms in total. The molecule has 0 saturated carbocycles. The van der Waals surface area contributed by atoms with Crippen molar-refractivity contribution in [2.24, 2.45) is 5.92 Å². The van der Waals surface area contributed by atoms with Crippen LogP contribution in [0.2, 0.25) is 5.02 Å². The Balaban J connectivity index is 1.40. The lowest BCUT2D eigenvalue weighted by molar-refractivity contribution is -0.0177. The molecule has 0 unspecified atom stereocenters. The van der Waals surface area contributed by atoms with E-state index in [1.807, 2.05) is 39.1 Å². The highest BCUT2D eigenvalue weighted by molar-refractivity contribution is 7.92. The van der Waals surface area contributed by atoms with Gasteiger partial charge in [-0.3, -0.25) is 14.4 Å². The Morgan fingerprint density at radius 1 is 1.02 bits per heavy atom. The smallest absolute Gasteiger partial charge is 0.261 e. The molecule has 4 atom stereocenters. The fraction of sp³-hybridized carbons (Fsp3) is 0.472. The van der Waals surface area contributed by atoms with E-state index in [1.165, 1.54) is 30.3 Å². The van der Waals surface area contributed by atoms with Crippen molar-refractivity contribution in [3.63, 3.8) is 0 Å². The van der Waals surface area contributed by atoms with Crippen molar-refractivity contribution in [2.45, 2.75) is 69.7 Å². The highest BCUT2D eigenvalue weighted by Gasteiger charge is 2.31. The van der Waals surface area contributed by atoms with Crippen LogP contribution in [0.3, 0.4) is 0 Å². The van der Waals surface area contributed by atoms with Crippen molar-refractivity contribution in [1.29, 1.82) is 0 Å². The van der Waals surface area contributed by atoms with Crippen LogP contribution in [0.15, 0.2) is 65.6 Å². The predicted octanol–water partition coefficient (Wildman–Crippen LogP) is 5.80. The lowest BCUT2D eigenvalue weighted by Crippen LogP contribution is -2.47. The molecule has 0 radical (unpaired) electrons. The maximum Gasteiger partial charge on any atom is 0.261 e. The number of aliphatic hydroxyl groups is 1. The van der Waals surface area contributed by atoms with Crippen LogP contribution in [0.25, 0.3) is 0 Å². The number of anilines is 1. The summed E-state index contributed by atoms with van der Waals surface area (Å²) in [5, 5.41) is 10.7. The van der Waals surface area contributed by atoms with E-state index in [-0.39, 0.29) is 53.6 Å². The normalized spacial score (nSPS) is 21.1. The Labute approximate surface area is 294 Å². The third-order valence-electron chi connectivity index (χ3n) is 8.81. The maximum absolute atomic E-state index is 14.4. The minimum atomic E-state index is -3.97. The van der Waals surface area contributed by atoms with E-state index in [0.29, 0.717) is 37.0 Å². The van der Waals surface area contributed by atoms with Crippen LogP contribution in [0.5, 0.6) is 17.2 Å². The summed E-state index contributed by atoms with van der Waals surface area (Å²) in [7, 11) is -1.94. The first-order valence-corrected chi connectivity index (χ1v) is 18.5. The number of aliphatic hydroxyl groups excluding tert-OH is 1. The molecule has 2 N–H and O–H groups in total. The van der Waals surface area contributed by atoms with Gasteiger partial charge in [-0.2, -0.15) is 0 Å². The number of nitrogens with one attached hydrogen (secondary N) is 1. The third-order valence-corrected chi connectivity index (χ3v) is 10.5. The number of hydrogen-bond acceptors (Lipinski definition) is 9. The summed E-state index contributed by atoms with van der Waals surface area (Å²) >= 11 is 5.96. The Bertz CT molecular complexity index is 1690. The number of ether oxygens (including phenoxy) is 4. The molecule has 0 aromatic heterocycles. The predicted molar refractivity (Wildman–Crippen MR) is 188 cm³/mol. The number of benzene rings is 3. The number of halogens is 1. The minimum absolute atomic E-state index is 0.0343. The van der Waals surface area contributed by atoms with Crippen LogP contribution in [-0.2, 0) is 21.3 Å². The van der Waals surface area contributed by atoms with Gasteiger partial charge in [0.05, 0.1) is 35.3 Å². The van der Waals surface area contributed by atoms with Crippen molar-refractivity contribution in [2.75, 3.05) is 44.9 Å². The van der Waals surface area contributed by atoms with Crippen LogP contribution in [0.4, 0.5) is 5.69 Å². The molecule has 3 aromatic carbocycles. The molecule has 2 aliphatic rings. The lowest BCUT2D eigenvalue weighted by Gasteiger charge is -2.36. The molecule has 49 heavy (non-hydrogen) atoms. The molecule has 0 aliphatic carbocycles. The molecular weight excluding hydrogens is 670 g/mol. The van der Waals surface area contributed by atoms with Gasteiger partial charge in [-0.25, -0.2) is 8.42 Å². The average molecular weight is 716 g/mol. The van der Waals surface area contributed by atoms with Crippen molar-refractivity contribution >= 4 is 33.2 Å². The molecular formula is C36H46ClN3O8S. The van der Waals surface area contributed by atoms with Crippen molar-refractivity contribution in [1.82, 2.24) is 9.80 Å². The Morgan fingerprint density at radius 2 is 1.76 bits per heavy atom. The summed E-state index contributed by atoms with van der Waals surface area (Å²) in [4.78, 5) is 18.3.